The second-order valence-corrected chi connectivity index (χ2v) is 5.61. The number of nitrogens with two attached hydrogens (primary N) is 1. The highest BCUT2D eigenvalue weighted by atomic mass is 16.6. The van der Waals surface area contributed by atoms with Gasteiger partial charge in [0.15, 0.2) is 0 Å². The quantitative estimate of drug-likeness (QED) is 0.911. The van der Waals surface area contributed by atoms with E-state index in [-0.39, 0.29) is 18.1 Å². The second-order valence-electron chi connectivity index (χ2n) is 5.61. The van der Waals surface area contributed by atoms with Crippen molar-refractivity contribution in [3.05, 3.63) is 71.8 Å². The third kappa shape index (κ3) is 3.28. The zero-order chi connectivity index (χ0) is 15.4. The number of ether oxygens (including phenoxy) is 1. The van der Waals surface area contributed by atoms with Gasteiger partial charge in [-0.1, -0.05) is 60.7 Å². The molecule has 1 saturated heterocycles. The summed E-state index contributed by atoms with van der Waals surface area (Å²) >= 11 is 0. The molecule has 0 saturated carbocycles. The lowest BCUT2D eigenvalue weighted by molar-refractivity contribution is 0.115. The number of carbonyl (C=O) groups is 1. The molecule has 2 atom stereocenters. The molecule has 0 spiro atoms. The molecule has 1 aliphatic heterocycles. The van der Waals surface area contributed by atoms with Crippen LogP contribution in [0, 0.1) is 0 Å². The molecule has 2 aromatic rings. The van der Waals surface area contributed by atoms with Gasteiger partial charge >= 0.3 is 6.09 Å². The summed E-state index contributed by atoms with van der Waals surface area (Å²) in [7, 11) is 0. The van der Waals surface area contributed by atoms with Crippen LogP contribution in [0.25, 0.3) is 0 Å². The molecule has 22 heavy (non-hydrogen) atoms. The average Bonchev–Trinajstić information content (AvgIpc) is 2.97. The van der Waals surface area contributed by atoms with Crippen LogP contribution < -0.4 is 11.1 Å². The van der Waals surface area contributed by atoms with E-state index in [1.54, 1.807) is 0 Å². The Morgan fingerprint density at radius 3 is 2.09 bits per heavy atom. The topological polar surface area (TPSA) is 64.4 Å². The van der Waals surface area contributed by atoms with Crippen LogP contribution in [0.4, 0.5) is 4.79 Å². The van der Waals surface area contributed by atoms with Crippen LogP contribution in [-0.2, 0) is 4.74 Å². The number of amides is 1. The van der Waals surface area contributed by atoms with E-state index in [0.717, 1.165) is 6.42 Å². The smallest absolute Gasteiger partial charge is 0.404 e. The van der Waals surface area contributed by atoms with Gasteiger partial charge in [0.05, 0.1) is 0 Å². The van der Waals surface area contributed by atoms with Crippen molar-refractivity contribution in [1.29, 1.82) is 0 Å². The molecular formula is C18H20N2O2. The van der Waals surface area contributed by atoms with E-state index in [2.05, 4.69) is 53.8 Å². The molecular weight excluding hydrogens is 276 g/mol. The maximum absolute atomic E-state index is 10.9. The van der Waals surface area contributed by atoms with Gasteiger partial charge in [0.1, 0.15) is 6.10 Å². The Hall–Kier alpha value is -2.33. The zero-order valence-corrected chi connectivity index (χ0v) is 12.3. The van der Waals surface area contributed by atoms with Gasteiger partial charge < -0.3 is 15.8 Å². The SMILES string of the molecule is NC(=O)OC1CNC(C(c2ccccc2)c2ccccc2)C1. The fourth-order valence-corrected chi connectivity index (χ4v) is 3.22. The fourth-order valence-electron chi connectivity index (χ4n) is 3.22. The van der Waals surface area contributed by atoms with E-state index in [4.69, 9.17) is 10.5 Å². The molecule has 3 N–H and O–H groups in total. The Bertz CT molecular complexity index is 576. The number of nitrogens with one attached hydrogen (secondary N) is 1. The summed E-state index contributed by atoms with van der Waals surface area (Å²) in [5.74, 6) is 0.226. The highest BCUT2D eigenvalue weighted by Gasteiger charge is 2.33. The van der Waals surface area contributed by atoms with E-state index in [0.29, 0.717) is 6.54 Å². The maximum Gasteiger partial charge on any atom is 0.404 e. The molecule has 0 aromatic heterocycles. The van der Waals surface area contributed by atoms with Gasteiger partial charge in [0.2, 0.25) is 0 Å². The monoisotopic (exact) mass is 296 g/mol. The minimum atomic E-state index is -0.705. The summed E-state index contributed by atoms with van der Waals surface area (Å²) in [4.78, 5) is 10.9. The number of hydrogen-bond donors (Lipinski definition) is 2. The van der Waals surface area contributed by atoms with E-state index in [9.17, 15) is 4.79 Å². The maximum atomic E-state index is 10.9. The summed E-state index contributed by atoms with van der Waals surface area (Å²) in [6, 6.07) is 21.0. The Kier molecular flexibility index (Phi) is 4.39. The third-order valence-corrected chi connectivity index (χ3v) is 4.13. The summed E-state index contributed by atoms with van der Waals surface area (Å²) < 4.78 is 5.14. The summed E-state index contributed by atoms with van der Waals surface area (Å²) in [5, 5.41) is 3.48. The van der Waals surface area contributed by atoms with E-state index >= 15 is 0 Å². The molecule has 0 bridgehead atoms. The molecule has 1 fully saturated rings. The van der Waals surface area contributed by atoms with Crippen molar-refractivity contribution in [3.63, 3.8) is 0 Å². The van der Waals surface area contributed by atoms with E-state index in [1.807, 2.05) is 12.1 Å². The first-order chi connectivity index (χ1) is 10.7. The lowest BCUT2D eigenvalue weighted by atomic mass is 9.84. The first kappa shape index (κ1) is 14.6. The zero-order valence-electron chi connectivity index (χ0n) is 12.3. The lowest BCUT2D eigenvalue weighted by Gasteiger charge is -2.25. The molecule has 2 aromatic carbocycles. The Balaban J connectivity index is 1.86. The van der Waals surface area contributed by atoms with Crippen molar-refractivity contribution >= 4 is 6.09 Å². The fraction of sp³-hybridized carbons (Fsp3) is 0.278. The van der Waals surface area contributed by atoms with Crippen LogP contribution in [-0.4, -0.2) is 24.8 Å². The van der Waals surface area contributed by atoms with Crippen LogP contribution >= 0.6 is 0 Å². The van der Waals surface area contributed by atoms with Crippen LogP contribution in [0.5, 0.6) is 0 Å². The van der Waals surface area contributed by atoms with E-state index < -0.39 is 6.09 Å². The van der Waals surface area contributed by atoms with Crippen molar-refractivity contribution in [2.24, 2.45) is 5.73 Å². The minimum Gasteiger partial charge on any atom is -0.445 e. The number of carbonyl (C=O) groups excluding carboxylic acids is 1. The molecule has 1 heterocycles. The van der Waals surface area contributed by atoms with Gasteiger partial charge in [-0.25, -0.2) is 4.79 Å². The Morgan fingerprint density at radius 2 is 1.59 bits per heavy atom. The molecule has 4 nitrogen and oxygen atoms in total. The van der Waals surface area contributed by atoms with Gasteiger partial charge in [0, 0.05) is 24.9 Å². The second kappa shape index (κ2) is 6.62. The summed E-state index contributed by atoms with van der Waals surface area (Å²) in [5.41, 5.74) is 7.64. The molecule has 2 unspecified atom stereocenters. The first-order valence-electron chi connectivity index (χ1n) is 7.53. The van der Waals surface area contributed by atoms with Gasteiger partial charge in [0.25, 0.3) is 0 Å². The number of benzene rings is 2. The lowest BCUT2D eigenvalue weighted by Crippen LogP contribution is -2.29. The van der Waals surface area contributed by atoms with Gasteiger partial charge in [-0.05, 0) is 11.1 Å². The molecule has 4 heteroatoms. The van der Waals surface area contributed by atoms with Gasteiger partial charge in [-0.15, -0.1) is 0 Å². The molecule has 1 aliphatic rings. The van der Waals surface area contributed by atoms with Crippen LogP contribution in [0.3, 0.4) is 0 Å². The van der Waals surface area contributed by atoms with E-state index in [1.165, 1.54) is 11.1 Å². The molecule has 0 radical (unpaired) electrons. The van der Waals surface area contributed by atoms with Crippen LogP contribution in [0.15, 0.2) is 60.7 Å². The van der Waals surface area contributed by atoms with Crippen molar-refractivity contribution in [3.8, 4) is 0 Å². The van der Waals surface area contributed by atoms with Crippen molar-refractivity contribution < 1.29 is 9.53 Å². The highest BCUT2D eigenvalue weighted by Crippen LogP contribution is 2.32. The van der Waals surface area contributed by atoms with Gasteiger partial charge in [-0.3, -0.25) is 0 Å². The number of primary amides is 1. The van der Waals surface area contributed by atoms with Gasteiger partial charge in [-0.2, -0.15) is 0 Å². The predicted molar refractivity (Wildman–Crippen MR) is 85.6 cm³/mol. The third-order valence-electron chi connectivity index (χ3n) is 4.13. The molecule has 3 rings (SSSR count). The first-order valence-corrected chi connectivity index (χ1v) is 7.53. The molecule has 0 aliphatic carbocycles. The summed E-state index contributed by atoms with van der Waals surface area (Å²) in [6.45, 7) is 0.643. The number of hydrogen-bond acceptors (Lipinski definition) is 3. The average molecular weight is 296 g/mol. The number of rotatable bonds is 4. The summed E-state index contributed by atoms with van der Waals surface area (Å²) in [6.07, 6.45) is -0.0990. The Morgan fingerprint density at radius 1 is 1.05 bits per heavy atom. The van der Waals surface area contributed by atoms with Crippen molar-refractivity contribution in [2.45, 2.75) is 24.5 Å². The minimum absolute atomic E-state index is 0.155. The Labute approximate surface area is 130 Å². The standard InChI is InChI=1S/C18H20N2O2/c19-18(21)22-15-11-16(20-12-15)17(13-7-3-1-4-8-13)14-9-5-2-6-10-14/h1-10,15-17,20H,11-12H2,(H2,19,21). The van der Waals surface area contributed by atoms with Crippen LogP contribution in [0.2, 0.25) is 0 Å². The van der Waals surface area contributed by atoms with Crippen LogP contribution in [0.1, 0.15) is 23.5 Å². The molecule has 114 valence electrons. The van der Waals surface area contributed by atoms with Crippen molar-refractivity contribution in [2.75, 3.05) is 6.54 Å². The van der Waals surface area contributed by atoms with Crippen molar-refractivity contribution in [1.82, 2.24) is 5.32 Å². The predicted octanol–water partition coefficient (Wildman–Crippen LogP) is 2.64. The molecule has 1 amide bonds. The largest absolute Gasteiger partial charge is 0.445 e. The highest BCUT2D eigenvalue weighted by molar-refractivity contribution is 5.64. The normalized spacial score (nSPS) is 21.0.